The number of rotatable bonds is 3. The van der Waals surface area contributed by atoms with Crippen LogP contribution in [0.2, 0.25) is 5.02 Å². The number of hydrogen-bond donors (Lipinski definition) is 0. The number of alkyl halides is 1. The molecule has 1 fully saturated rings. The normalized spacial score (nSPS) is 15.3. The Labute approximate surface area is 133 Å². The molecule has 2 aromatic heterocycles. The number of halogens is 2. The SMILES string of the molecule is ClCc1nc(N2CCN(c3ncccn3)CC2)ccc1Cl. The zero-order valence-electron chi connectivity index (χ0n) is 11.4. The molecule has 0 radical (unpaired) electrons. The zero-order chi connectivity index (χ0) is 14.7. The van der Waals surface area contributed by atoms with Gasteiger partial charge in [0.15, 0.2) is 0 Å². The third-order valence-corrected chi connectivity index (χ3v) is 4.07. The van der Waals surface area contributed by atoms with Crippen LogP contribution < -0.4 is 9.80 Å². The van der Waals surface area contributed by atoms with Crippen molar-refractivity contribution >= 4 is 35.0 Å². The maximum Gasteiger partial charge on any atom is 0.225 e. The molecule has 21 heavy (non-hydrogen) atoms. The molecule has 0 amide bonds. The van der Waals surface area contributed by atoms with Gasteiger partial charge in [-0.25, -0.2) is 15.0 Å². The van der Waals surface area contributed by atoms with Gasteiger partial charge in [0.25, 0.3) is 0 Å². The average Bonchev–Trinajstić information content (AvgIpc) is 2.56. The van der Waals surface area contributed by atoms with E-state index in [0.29, 0.717) is 10.9 Å². The first kappa shape index (κ1) is 14.4. The van der Waals surface area contributed by atoms with Gasteiger partial charge in [0.05, 0.1) is 16.6 Å². The highest BCUT2D eigenvalue weighted by molar-refractivity contribution is 6.32. The summed E-state index contributed by atoms with van der Waals surface area (Å²) in [5.41, 5.74) is 0.727. The van der Waals surface area contributed by atoms with Gasteiger partial charge in [-0.15, -0.1) is 11.6 Å². The molecule has 5 nitrogen and oxygen atoms in total. The minimum atomic E-state index is 0.324. The maximum atomic E-state index is 6.05. The fourth-order valence-corrected chi connectivity index (χ4v) is 2.78. The van der Waals surface area contributed by atoms with Crippen molar-refractivity contribution in [1.82, 2.24) is 15.0 Å². The molecule has 3 rings (SSSR count). The van der Waals surface area contributed by atoms with Crippen LogP contribution in [0.5, 0.6) is 0 Å². The first-order valence-corrected chi connectivity index (χ1v) is 7.67. The van der Waals surface area contributed by atoms with Gasteiger partial charge in [-0.3, -0.25) is 0 Å². The van der Waals surface area contributed by atoms with E-state index < -0.39 is 0 Å². The Kier molecular flexibility index (Phi) is 4.41. The topological polar surface area (TPSA) is 45.2 Å². The lowest BCUT2D eigenvalue weighted by molar-refractivity contribution is 0.634. The molecule has 1 aliphatic heterocycles. The molecule has 0 bridgehead atoms. The second-order valence-electron chi connectivity index (χ2n) is 4.75. The highest BCUT2D eigenvalue weighted by Gasteiger charge is 2.20. The van der Waals surface area contributed by atoms with Crippen LogP contribution in [0.1, 0.15) is 5.69 Å². The van der Waals surface area contributed by atoms with Gasteiger partial charge >= 0.3 is 0 Å². The van der Waals surface area contributed by atoms with Gasteiger partial charge < -0.3 is 9.80 Å². The number of piperazine rings is 1. The molecule has 0 atom stereocenters. The average molecular weight is 324 g/mol. The molecule has 7 heteroatoms. The second-order valence-corrected chi connectivity index (χ2v) is 5.43. The van der Waals surface area contributed by atoms with Crippen molar-refractivity contribution in [3.8, 4) is 0 Å². The van der Waals surface area contributed by atoms with E-state index in [1.807, 2.05) is 18.2 Å². The Morgan fingerprint density at radius 2 is 1.67 bits per heavy atom. The summed E-state index contributed by atoms with van der Waals surface area (Å²) < 4.78 is 0. The van der Waals surface area contributed by atoms with Crippen molar-refractivity contribution in [3.05, 3.63) is 41.3 Å². The van der Waals surface area contributed by atoms with E-state index in [9.17, 15) is 0 Å². The third kappa shape index (κ3) is 3.19. The zero-order valence-corrected chi connectivity index (χ0v) is 12.9. The van der Waals surface area contributed by atoms with Crippen LogP contribution in [0.3, 0.4) is 0 Å². The summed E-state index contributed by atoms with van der Waals surface area (Å²) in [6.07, 6.45) is 3.53. The van der Waals surface area contributed by atoms with Crippen molar-refractivity contribution in [2.45, 2.75) is 5.88 Å². The van der Waals surface area contributed by atoms with Crippen molar-refractivity contribution < 1.29 is 0 Å². The van der Waals surface area contributed by atoms with Gasteiger partial charge in [0, 0.05) is 38.6 Å². The van der Waals surface area contributed by atoms with Gasteiger partial charge in [-0.1, -0.05) is 11.6 Å². The monoisotopic (exact) mass is 323 g/mol. The van der Waals surface area contributed by atoms with E-state index in [-0.39, 0.29) is 0 Å². The molecular weight excluding hydrogens is 309 g/mol. The Bertz CT molecular complexity index is 600. The highest BCUT2D eigenvalue weighted by Crippen LogP contribution is 2.22. The van der Waals surface area contributed by atoms with Crippen LogP contribution in [-0.4, -0.2) is 41.1 Å². The summed E-state index contributed by atoms with van der Waals surface area (Å²) in [6, 6.07) is 5.62. The van der Waals surface area contributed by atoms with Crippen LogP contribution in [-0.2, 0) is 5.88 Å². The Morgan fingerprint density at radius 1 is 1.00 bits per heavy atom. The molecule has 0 spiro atoms. The minimum Gasteiger partial charge on any atom is -0.353 e. The third-order valence-electron chi connectivity index (χ3n) is 3.47. The van der Waals surface area contributed by atoms with E-state index in [4.69, 9.17) is 23.2 Å². The lowest BCUT2D eigenvalue weighted by Gasteiger charge is -2.35. The van der Waals surface area contributed by atoms with E-state index >= 15 is 0 Å². The smallest absolute Gasteiger partial charge is 0.225 e. The molecule has 1 saturated heterocycles. The predicted molar refractivity (Wildman–Crippen MR) is 85.3 cm³/mol. The summed E-state index contributed by atoms with van der Waals surface area (Å²) in [5, 5.41) is 0.616. The van der Waals surface area contributed by atoms with Crippen LogP contribution in [0.25, 0.3) is 0 Å². The van der Waals surface area contributed by atoms with E-state index in [0.717, 1.165) is 43.6 Å². The number of hydrogen-bond acceptors (Lipinski definition) is 5. The molecule has 2 aromatic rings. The van der Waals surface area contributed by atoms with Crippen molar-refractivity contribution in [1.29, 1.82) is 0 Å². The van der Waals surface area contributed by atoms with Gasteiger partial charge in [0.1, 0.15) is 5.82 Å². The first-order chi connectivity index (χ1) is 10.3. The van der Waals surface area contributed by atoms with Crippen molar-refractivity contribution in [2.24, 2.45) is 0 Å². The lowest BCUT2D eigenvalue weighted by atomic mass is 10.3. The lowest BCUT2D eigenvalue weighted by Crippen LogP contribution is -2.47. The molecule has 3 heterocycles. The van der Waals surface area contributed by atoms with E-state index in [1.165, 1.54) is 0 Å². The number of anilines is 2. The summed E-state index contributed by atoms with van der Waals surface area (Å²) in [6.45, 7) is 3.47. The fourth-order valence-electron chi connectivity index (χ4n) is 2.33. The molecule has 0 aliphatic carbocycles. The molecule has 0 saturated carbocycles. The first-order valence-electron chi connectivity index (χ1n) is 6.76. The van der Waals surface area contributed by atoms with Crippen LogP contribution in [0.4, 0.5) is 11.8 Å². The summed E-state index contributed by atoms with van der Waals surface area (Å²) in [4.78, 5) is 17.5. The maximum absolute atomic E-state index is 6.05. The Morgan fingerprint density at radius 3 is 2.33 bits per heavy atom. The molecule has 110 valence electrons. The fraction of sp³-hybridized carbons (Fsp3) is 0.357. The van der Waals surface area contributed by atoms with E-state index in [1.54, 1.807) is 12.4 Å². The van der Waals surface area contributed by atoms with E-state index in [2.05, 4.69) is 24.8 Å². The largest absolute Gasteiger partial charge is 0.353 e. The highest BCUT2D eigenvalue weighted by atomic mass is 35.5. The second kappa shape index (κ2) is 6.45. The summed E-state index contributed by atoms with van der Waals surface area (Å²) >= 11 is 11.9. The Hall–Kier alpha value is -1.59. The standard InChI is InChI=1S/C14H15Cl2N5/c15-10-12-11(16)2-3-13(19-12)20-6-8-21(9-7-20)14-17-4-1-5-18-14/h1-5H,6-10H2. The van der Waals surface area contributed by atoms with Gasteiger partial charge in [0.2, 0.25) is 5.95 Å². The Balaban J connectivity index is 1.68. The number of pyridine rings is 1. The minimum absolute atomic E-state index is 0.324. The summed E-state index contributed by atoms with van der Waals surface area (Å²) in [7, 11) is 0. The molecular formula is C14H15Cl2N5. The molecule has 1 aliphatic rings. The van der Waals surface area contributed by atoms with Crippen LogP contribution in [0, 0.1) is 0 Å². The molecule has 0 N–H and O–H groups in total. The summed E-state index contributed by atoms with van der Waals surface area (Å²) in [5.74, 6) is 2.02. The van der Waals surface area contributed by atoms with Crippen molar-refractivity contribution in [2.75, 3.05) is 36.0 Å². The van der Waals surface area contributed by atoms with Crippen LogP contribution in [0.15, 0.2) is 30.6 Å². The van der Waals surface area contributed by atoms with Gasteiger partial charge in [-0.05, 0) is 18.2 Å². The van der Waals surface area contributed by atoms with Gasteiger partial charge in [-0.2, -0.15) is 0 Å². The number of nitrogens with zero attached hydrogens (tertiary/aromatic N) is 5. The van der Waals surface area contributed by atoms with Crippen LogP contribution >= 0.6 is 23.2 Å². The molecule has 0 unspecified atom stereocenters. The quantitative estimate of drug-likeness (QED) is 0.812. The number of aromatic nitrogens is 3. The predicted octanol–water partition coefficient (Wildman–Crippen LogP) is 2.59. The molecule has 0 aromatic carbocycles. The van der Waals surface area contributed by atoms with Crippen molar-refractivity contribution in [3.63, 3.8) is 0 Å².